The number of piperazine rings is 1. The van der Waals surface area contributed by atoms with Crippen LogP contribution in [0.25, 0.3) is 22.2 Å². The van der Waals surface area contributed by atoms with Gasteiger partial charge in [0.1, 0.15) is 29.5 Å². The summed E-state index contributed by atoms with van der Waals surface area (Å²) >= 11 is 0. The van der Waals surface area contributed by atoms with E-state index in [1.165, 1.54) is 12.3 Å². The molecule has 5 aliphatic rings. The lowest BCUT2D eigenvalue weighted by atomic mass is 9.99. The molecule has 4 fully saturated rings. The van der Waals surface area contributed by atoms with E-state index in [1.807, 2.05) is 33.9 Å². The number of piperidine rings is 2. The van der Waals surface area contributed by atoms with Crippen molar-refractivity contribution in [3.63, 3.8) is 0 Å². The predicted octanol–water partition coefficient (Wildman–Crippen LogP) is 4.77. The van der Waals surface area contributed by atoms with E-state index in [9.17, 15) is 36.8 Å². The van der Waals surface area contributed by atoms with Crippen molar-refractivity contribution in [3.8, 4) is 11.1 Å². The van der Waals surface area contributed by atoms with E-state index in [4.69, 9.17) is 0 Å². The van der Waals surface area contributed by atoms with Crippen LogP contribution in [-0.2, 0) is 19.8 Å². The quantitative estimate of drug-likeness (QED) is 0.0995. The Kier molecular flexibility index (Phi) is 11.3. The van der Waals surface area contributed by atoms with Crippen LogP contribution in [0.2, 0.25) is 0 Å². The second-order valence-electron chi connectivity index (χ2n) is 17.4. The molecule has 0 bridgehead atoms. The first-order valence-electron chi connectivity index (χ1n) is 22.0. The van der Waals surface area contributed by atoms with Gasteiger partial charge in [-0.3, -0.25) is 43.8 Å². The van der Waals surface area contributed by atoms with Gasteiger partial charge in [-0.2, -0.15) is 12.7 Å². The number of carbonyl (C=O) groups is 5. The molecule has 4 amide bonds. The number of imide groups is 2. The Hall–Kier alpha value is -6.71. The molecular weight excluding hydrogens is 899 g/mol. The zero-order valence-electron chi connectivity index (χ0n) is 35.7. The normalized spacial score (nSPS) is 21.1. The number of pyridine rings is 1. The van der Waals surface area contributed by atoms with Crippen molar-refractivity contribution < 1.29 is 50.0 Å². The molecule has 3 N–H and O–H groups in total. The van der Waals surface area contributed by atoms with Crippen molar-refractivity contribution in [2.45, 2.75) is 50.4 Å². The number of aromatic amines is 1. The molecule has 67 heavy (non-hydrogen) atoms. The minimum Gasteiger partial charge on any atom is -0.369 e. The highest BCUT2D eigenvalue weighted by atomic mass is 32.2. The number of fused-ring (bicyclic) bond motifs is 2. The molecule has 21 heteroatoms. The zero-order chi connectivity index (χ0) is 46.9. The fourth-order valence-electron chi connectivity index (χ4n) is 9.84. The van der Waals surface area contributed by atoms with Gasteiger partial charge in [0.2, 0.25) is 17.6 Å². The molecule has 1 unspecified atom stereocenters. The Bertz CT molecular complexity index is 2990. The average molecular weight is 942 g/mol. The van der Waals surface area contributed by atoms with Crippen molar-refractivity contribution in [1.29, 1.82) is 0 Å². The number of anilines is 3. The Labute approximate surface area is 381 Å². The number of halogens is 4. The number of nitrogens with one attached hydrogen (secondary N) is 3. The van der Waals surface area contributed by atoms with Gasteiger partial charge < -0.3 is 14.8 Å². The van der Waals surface area contributed by atoms with E-state index < -0.39 is 87.1 Å². The molecule has 348 valence electrons. The van der Waals surface area contributed by atoms with Gasteiger partial charge in [-0.15, -0.1) is 0 Å². The van der Waals surface area contributed by atoms with E-state index in [0.717, 1.165) is 77.7 Å². The second kappa shape index (κ2) is 17.2. The van der Waals surface area contributed by atoms with Gasteiger partial charge in [0, 0.05) is 99.4 Å². The highest BCUT2D eigenvalue weighted by molar-refractivity contribution is 7.90. The maximum absolute atomic E-state index is 15.8. The second-order valence-corrected chi connectivity index (χ2v) is 19.0. The minimum atomic E-state index is -4.38. The van der Waals surface area contributed by atoms with Crippen LogP contribution in [-0.4, -0.2) is 133 Å². The lowest BCUT2D eigenvalue weighted by Gasteiger charge is -2.44. The smallest absolute Gasteiger partial charge is 0.301 e. The number of nitrogens with zero attached hydrogens (tertiary/aromatic N) is 6. The van der Waals surface area contributed by atoms with Crippen molar-refractivity contribution in [2.24, 2.45) is 0 Å². The molecule has 5 aromatic rings. The SMILES string of the molecule is O=C1CCC(N2C(=O)c3cc(F)c(N4CCC(N5CCN(c6ccc(-c7cnc8[nH]cc(C(=O)c9c(F)ccc(NS(=O)(=O)N%10CC[C@@H](F)C%10)c9F)c8c7)cc6)CC5)CC4)cc3C2=O)C(=O)N1. The number of hydrogen-bond acceptors (Lipinski definition) is 11. The Balaban J connectivity index is 0.760. The van der Waals surface area contributed by atoms with Crippen LogP contribution in [0.3, 0.4) is 0 Å². The van der Waals surface area contributed by atoms with Crippen molar-refractivity contribution >= 4 is 67.7 Å². The van der Waals surface area contributed by atoms with Crippen LogP contribution >= 0.6 is 0 Å². The molecule has 0 saturated carbocycles. The average Bonchev–Trinajstić information content (AvgIpc) is 4.03. The van der Waals surface area contributed by atoms with Crippen LogP contribution in [0.4, 0.5) is 34.6 Å². The number of hydrogen-bond donors (Lipinski definition) is 3. The van der Waals surface area contributed by atoms with Gasteiger partial charge >= 0.3 is 10.2 Å². The third kappa shape index (κ3) is 8.07. The van der Waals surface area contributed by atoms with Crippen LogP contribution < -0.4 is 19.8 Å². The summed E-state index contributed by atoms with van der Waals surface area (Å²) in [6, 6.07) is 12.7. The van der Waals surface area contributed by atoms with Crippen LogP contribution in [0, 0.1) is 17.5 Å². The molecule has 7 heterocycles. The minimum absolute atomic E-state index is 0.0112. The number of benzene rings is 3. The lowest BCUT2D eigenvalue weighted by Crippen LogP contribution is -2.54. The number of carbonyl (C=O) groups excluding carboxylic acids is 5. The Morgan fingerprint density at radius 3 is 2.18 bits per heavy atom. The van der Waals surface area contributed by atoms with E-state index in [1.54, 1.807) is 12.3 Å². The predicted molar refractivity (Wildman–Crippen MR) is 237 cm³/mol. The van der Waals surface area contributed by atoms with Crippen LogP contribution in [0.5, 0.6) is 0 Å². The van der Waals surface area contributed by atoms with Crippen molar-refractivity contribution in [3.05, 3.63) is 107 Å². The zero-order valence-corrected chi connectivity index (χ0v) is 36.6. The molecule has 2 atom stereocenters. The molecule has 0 radical (unpaired) electrons. The summed E-state index contributed by atoms with van der Waals surface area (Å²) < 4.78 is 88.6. The summed E-state index contributed by atoms with van der Waals surface area (Å²) in [5.74, 6) is -6.89. The van der Waals surface area contributed by atoms with E-state index in [2.05, 4.69) is 25.1 Å². The molecule has 0 spiro atoms. The van der Waals surface area contributed by atoms with E-state index in [-0.39, 0.29) is 54.2 Å². The topological polar surface area (TPSA) is 188 Å². The summed E-state index contributed by atoms with van der Waals surface area (Å²) in [5, 5.41) is 2.46. The van der Waals surface area contributed by atoms with Gasteiger partial charge in [0.05, 0.1) is 28.1 Å². The van der Waals surface area contributed by atoms with Crippen LogP contribution in [0.15, 0.2) is 67.0 Å². The fourth-order valence-corrected chi connectivity index (χ4v) is 11.1. The first-order chi connectivity index (χ1) is 32.1. The molecule has 0 aliphatic carbocycles. The van der Waals surface area contributed by atoms with Gasteiger partial charge in [0.25, 0.3) is 11.8 Å². The number of aromatic nitrogens is 2. The largest absolute Gasteiger partial charge is 0.369 e. The summed E-state index contributed by atoms with van der Waals surface area (Å²) in [7, 11) is -4.38. The highest BCUT2D eigenvalue weighted by Gasteiger charge is 2.45. The molecule has 3 aromatic carbocycles. The van der Waals surface area contributed by atoms with Gasteiger partial charge in [-0.1, -0.05) is 12.1 Å². The first kappa shape index (κ1) is 44.1. The number of alkyl halides is 1. The number of amides is 4. The van der Waals surface area contributed by atoms with Gasteiger partial charge in [-0.05, 0) is 73.7 Å². The number of rotatable bonds is 10. The van der Waals surface area contributed by atoms with Crippen molar-refractivity contribution in [1.82, 2.24) is 29.4 Å². The van der Waals surface area contributed by atoms with Crippen LogP contribution in [0.1, 0.15) is 68.7 Å². The highest BCUT2D eigenvalue weighted by Crippen LogP contribution is 2.36. The monoisotopic (exact) mass is 941 g/mol. The molecule has 4 saturated heterocycles. The standard InChI is InChI=1S/C46H43F4N9O7S/c47-27-9-14-58(24-27)67(65,66)54-36-6-5-34(48)40(41(36)50)42(61)33-23-52-43-30(33)19-26(22-51-43)25-1-3-28(4-2-25)55-15-17-56(18-16-55)29-10-12-57(13-11-29)38-21-32-31(20-35(38)49)45(63)59(46(32)64)37-7-8-39(60)53-44(37)62/h1-6,19-23,27,29,37,54H,7-18,24H2,(H,51,52)(H,53,60,62)/t27-,37?/m1/s1. The third-order valence-electron chi connectivity index (χ3n) is 13.5. The summed E-state index contributed by atoms with van der Waals surface area (Å²) in [4.78, 5) is 79.1. The molecule has 16 nitrogen and oxygen atoms in total. The Morgan fingerprint density at radius 2 is 1.49 bits per heavy atom. The number of H-pyrrole nitrogens is 1. The first-order valence-corrected chi connectivity index (χ1v) is 23.4. The van der Waals surface area contributed by atoms with Gasteiger partial charge in [0.15, 0.2) is 5.82 Å². The molecular formula is C46H43F4N9O7S. The van der Waals surface area contributed by atoms with Crippen molar-refractivity contribution in [2.75, 3.05) is 66.9 Å². The van der Waals surface area contributed by atoms with E-state index in [0.29, 0.717) is 29.7 Å². The molecule has 5 aliphatic heterocycles. The summed E-state index contributed by atoms with van der Waals surface area (Å²) in [6.45, 7) is 3.67. The lowest BCUT2D eigenvalue weighted by molar-refractivity contribution is -0.136. The maximum atomic E-state index is 15.8. The fraction of sp³-hybridized carbons (Fsp3) is 0.348. The molecule has 10 rings (SSSR count). The summed E-state index contributed by atoms with van der Waals surface area (Å²) in [6.07, 6.45) is 3.04. The summed E-state index contributed by atoms with van der Waals surface area (Å²) in [5.41, 5.74) is 1.18. The molecule has 2 aromatic heterocycles. The third-order valence-corrected chi connectivity index (χ3v) is 15.0. The Morgan fingerprint density at radius 1 is 0.776 bits per heavy atom. The maximum Gasteiger partial charge on any atom is 0.301 e. The number of ketones is 1. The van der Waals surface area contributed by atoms with Gasteiger partial charge in [-0.25, -0.2) is 22.5 Å². The van der Waals surface area contributed by atoms with E-state index >= 15 is 13.2 Å².